The van der Waals surface area contributed by atoms with Gasteiger partial charge in [-0.05, 0) is 36.1 Å². The molecule has 0 radical (unpaired) electrons. The van der Waals surface area contributed by atoms with Crippen LogP contribution < -0.4 is 25.0 Å². The van der Waals surface area contributed by atoms with Crippen LogP contribution in [0.4, 0.5) is 0 Å². The Morgan fingerprint density at radius 3 is 2.23 bits per heavy atom. The summed E-state index contributed by atoms with van der Waals surface area (Å²) in [6.07, 6.45) is -1.03. The van der Waals surface area contributed by atoms with Crippen LogP contribution >= 0.6 is 0 Å². The molecule has 0 saturated carbocycles. The van der Waals surface area contributed by atoms with Gasteiger partial charge in [-0.3, -0.25) is 15.3 Å². The molecule has 186 valence electrons. The van der Waals surface area contributed by atoms with E-state index in [0.29, 0.717) is 29.4 Å². The third kappa shape index (κ3) is 6.30. The van der Waals surface area contributed by atoms with E-state index in [-0.39, 0.29) is 6.54 Å². The normalized spacial score (nSPS) is 12.5. The van der Waals surface area contributed by atoms with Gasteiger partial charge in [-0.2, -0.15) is 0 Å². The summed E-state index contributed by atoms with van der Waals surface area (Å²) in [5.41, 5.74) is 6.71. The number of hydrogen-bond acceptors (Lipinski definition) is 7. The van der Waals surface area contributed by atoms with E-state index in [1.807, 2.05) is 30.3 Å². The minimum atomic E-state index is -1.03. The van der Waals surface area contributed by atoms with Gasteiger partial charge in [-0.25, -0.2) is 5.48 Å². The number of hydroxylamine groups is 1. The third-order valence-corrected chi connectivity index (χ3v) is 5.88. The fraction of sp³-hybridized carbons (Fsp3) is 0.296. The zero-order chi connectivity index (χ0) is 25.4. The van der Waals surface area contributed by atoms with E-state index in [4.69, 9.17) is 19.4 Å². The van der Waals surface area contributed by atoms with Crippen LogP contribution in [-0.2, 0) is 17.9 Å². The lowest BCUT2D eigenvalue weighted by molar-refractivity contribution is -0.134. The highest BCUT2D eigenvalue weighted by atomic mass is 16.5. The fourth-order valence-corrected chi connectivity index (χ4v) is 3.91. The van der Waals surface area contributed by atoms with Gasteiger partial charge in [0.05, 0.1) is 25.9 Å². The molecule has 2 unspecified atom stereocenters. The molecule has 0 aliphatic rings. The maximum Gasteiger partial charge on any atom is 0.263 e. The maximum atomic E-state index is 11.8. The van der Waals surface area contributed by atoms with Crippen molar-refractivity contribution in [2.45, 2.75) is 39.1 Å². The van der Waals surface area contributed by atoms with Crippen molar-refractivity contribution in [2.24, 2.45) is 0 Å². The molecule has 35 heavy (non-hydrogen) atoms. The Kier molecular flexibility index (Phi) is 9.08. The number of carbonyl (C=O) groups excluding carboxylic acids is 1. The average Bonchev–Trinajstić information content (AvgIpc) is 2.88. The summed E-state index contributed by atoms with van der Waals surface area (Å²) in [4.78, 5) is 11.8. The first-order valence-electron chi connectivity index (χ1n) is 11.3. The van der Waals surface area contributed by atoms with E-state index in [0.717, 1.165) is 22.3 Å². The Morgan fingerprint density at radius 2 is 1.66 bits per heavy atom. The van der Waals surface area contributed by atoms with Crippen LogP contribution in [0.3, 0.4) is 0 Å². The molecule has 4 N–H and O–H groups in total. The standard InChI is InChI=1S/C27H32N2O6/c1-17-20(11-8-12-22(17)19-9-6-5-7-10-19)16-35-21-13-24(33-3)23(25(14-21)34-4)15-28-26(18(2)30)27(31)29-32/h5-14,18,26,28,30,32H,15-16H2,1-4H3,(H,29,31). The smallest absolute Gasteiger partial charge is 0.263 e. The van der Waals surface area contributed by atoms with Gasteiger partial charge in [0.2, 0.25) is 0 Å². The number of benzene rings is 3. The summed E-state index contributed by atoms with van der Waals surface area (Å²) < 4.78 is 17.2. The number of ether oxygens (including phenoxy) is 3. The zero-order valence-electron chi connectivity index (χ0n) is 20.4. The van der Waals surface area contributed by atoms with Crippen LogP contribution in [0.25, 0.3) is 11.1 Å². The summed E-state index contributed by atoms with van der Waals surface area (Å²) in [6.45, 7) is 4.04. The Morgan fingerprint density at radius 1 is 1.00 bits per heavy atom. The van der Waals surface area contributed by atoms with Gasteiger partial charge in [0.1, 0.15) is 29.9 Å². The molecule has 0 heterocycles. The second kappa shape index (κ2) is 12.2. The minimum Gasteiger partial charge on any atom is -0.496 e. The molecule has 0 spiro atoms. The quantitative estimate of drug-likeness (QED) is 0.245. The van der Waals surface area contributed by atoms with Crippen LogP contribution in [0.1, 0.15) is 23.6 Å². The highest BCUT2D eigenvalue weighted by molar-refractivity contribution is 5.81. The third-order valence-electron chi connectivity index (χ3n) is 5.88. The fourth-order valence-electron chi connectivity index (χ4n) is 3.91. The summed E-state index contributed by atoms with van der Waals surface area (Å²) in [6, 6.07) is 18.8. The molecule has 0 fully saturated rings. The van der Waals surface area contributed by atoms with E-state index in [1.54, 1.807) is 17.6 Å². The highest BCUT2D eigenvalue weighted by Crippen LogP contribution is 2.35. The van der Waals surface area contributed by atoms with Crippen LogP contribution in [-0.4, -0.2) is 42.6 Å². The maximum absolute atomic E-state index is 11.8. The monoisotopic (exact) mass is 480 g/mol. The Hall–Kier alpha value is -3.59. The topological polar surface area (TPSA) is 109 Å². The molecule has 1 amide bonds. The predicted octanol–water partition coefficient (Wildman–Crippen LogP) is 3.60. The molecule has 8 heteroatoms. The lowest BCUT2D eigenvalue weighted by Gasteiger charge is -2.21. The number of hydrogen-bond donors (Lipinski definition) is 4. The molecule has 0 aliphatic carbocycles. The average molecular weight is 481 g/mol. The molecule has 0 aliphatic heterocycles. The van der Waals surface area contributed by atoms with Crippen molar-refractivity contribution in [3.8, 4) is 28.4 Å². The van der Waals surface area contributed by atoms with Crippen molar-refractivity contribution in [1.29, 1.82) is 0 Å². The second-order valence-corrected chi connectivity index (χ2v) is 8.13. The SMILES string of the molecule is COc1cc(OCc2cccc(-c3ccccc3)c2C)cc(OC)c1CNC(C(=O)NO)C(C)O. The Labute approximate surface area is 205 Å². The van der Waals surface area contributed by atoms with E-state index in [1.165, 1.54) is 21.1 Å². The van der Waals surface area contributed by atoms with E-state index >= 15 is 0 Å². The molecule has 3 rings (SSSR count). The first-order valence-corrected chi connectivity index (χ1v) is 11.3. The van der Waals surface area contributed by atoms with Gasteiger partial charge < -0.3 is 19.3 Å². The number of amides is 1. The molecule has 3 aromatic carbocycles. The minimum absolute atomic E-state index is 0.147. The first kappa shape index (κ1) is 26.0. The van der Waals surface area contributed by atoms with E-state index in [2.05, 4.69) is 30.4 Å². The highest BCUT2D eigenvalue weighted by Gasteiger charge is 2.24. The lowest BCUT2D eigenvalue weighted by atomic mass is 9.97. The molecule has 0 aromatic heterocycles. The van der Waals surface area contributed by atoms with Gasteiger partial charge >= 0.3 is 0 Å². The second-order valence-electron chi connectivity index (χ2n) is 8.13. The molecular weight excluding hydrogens is 448 g/mol. The van der Waals surface area contributed by atoms with Crippen molar-refractivity contribution in [1.82, 2.24) is 10.8 Å². The van der Waals surface area contributed by atoms with E-state index < -0.39 is 18.1 Å². The van der Waals surface area contributed by atoms with Crippen LogP contribution in [0.5, 0.6) is 17.2 Å². The first-order chi connectivity index (χ1) is 16.9. The van der Waals surface area contributed by atoms with Crippen molar-refractivity contribution >= 4 is 5.91 Å². The van der Waals surface area contributed by atoms with Crippen LogP contribution in [0.2, 0.25) is 0 Å². The van der Waals surface area contributed by atoms with Crippen LogP contribution in [0, 0.1) is 6.92 Å². The number of methoxy groups -OCH3 is 2. The molecule has 8 nitrogen and oxygen atoms in total. The molecule has 3 aromatic rings. The molecule has 2 atom stereocenters. The predicted molar refractivity (Wildman–Crippen MR) is 133 cm³/mol. The molecule has 0 saturated heterocycles. The molecular formula is C27H32N2O6. The summed E-state index contributed by atoms with van der Waals surface area (Å²) in [5, 5.41) is 21.7. The Balaban J connectivity index is 1.80. The lowest BCUT2D eigenvalue weighted by Crippen LogP contribution is -2.49. The number of nitrogens with one attached hydrogen (secondary N) is 2. The summed E-state index contributed by atoms with van der Waals surface area (Å²) >= 11 is 0. The summed E-state index contributed by atoms with van der Waals surface area (Å²) in [5.74, 6) is 0.809. The largest absolute Gasteiger partial charge is 0.496 e. The van der Waals surface area contributed by atoms with Gasteiger partial charge in [0.25, 0.3) is 5.91 Å². The summed E-state index contributed by atoms with van der Waals surface area (Å²) in [7, 11) is 3.06. The molecule has 0 bridgehead atoms. The van der Waals surface area contributed by atoms with Gasteiger partial charge in [-0.15, -0.1) is 0 Å². The van der Waals surface area contributed by atoms with Gasteiger partial charge in [0, 0.05) is 18.7 Å². The zero-order valence-corrected chi connectivity index (χ0v) is 20.4. The number of rotatable bonds is 11. The number of aliphatic hydroxyl groups excluding tert-OH is 1. The van der Waals surface area contributed by atoms with Crippen molar-refractivity contribution in [3.63, 3.8) is 0 Å². The van der Waals surface area contributed by atoms with Crippen molar-refractivity contribution in [2.75, 3.05) is 14.2 Å². The van der Waals surface area contributed by atoms with Gasteiger partial charge in [0.15, 0.2) is 0 Å². The Bertz CT molecular complexity index is 1110. The van der Waals surface area contributed by atoms with Crippen LogP contribution in [0.15, 0.2) is 60.7 Å². The van der Waals surface area contributed by atoms with E-state index in [9.17, 15) is 9.90 Å². The van der Waals surface area contributed by atoms with Crippen molar-refractivity contribution < 1.29 is 29.3 Å². The number of aliphatic hydroxyl groups is 1. The van der Waals surface area contributed by atoms with Crippen molar-refractivity contribution in [3.05, 3.63) is 77.4 Å². The van der Waals surface area contributed by atoms with Gasteiger partial charge in [-0.1, -0.05) is 48.5 Å². The number of carbonyl (C=O) groups is 1.